The molecule has 0 spiro atoms. The molecular formula is C40H46O9. The lowest BCUT2D eigenvalue weighted by Gasteiger charge is -2.11. The summed E-state index contributed by atoms with van der Waals surface area (Å²) in [5.74, 6) is 0.491. The fraction of sp³-hybridized carbons (Fsp3) is 0.350. The maximum atomic E-state index is 12.9. The molecule has 0 saturated carbocycles. The van der Waals surface area contributed by atoms with E-state index in [1.54, 1.807) is 60.7 Å². The Morgan fingerprint density at radius 2 is 1.06 bits per heavy atom. The van der Waals surface area contributed by atoms with Crippen LogP contribution in [0.3, 0.4) is 0 Å². The van der Waals surface area contributed by atoms with Crippen molar-refractivity contribution in [2.24, 2.45) is 0 Å². The Labute approximate surface area is 288 Å². The van der Waals surface area contributed by atoms with E-state index >= 15 is 0 Å². The minimum atomic E-state index is -0.482. The summed E-state index contributed by atoms with van der Waals surface area (Å²) in [6, 6.07) is 19.3. The smallest absolute Gasteiger partial charge is 0.343 e. The average molecular weight is 671 g/mol. The summed E-state index contributed by atoms with van der Waals surface area (Å²) in [5.41, 5.74) is 2.56. The Morgan fingerprint density at radius 1 is 0.592 bits per heavy atom. The van der Waals surface area contributed by atoms with Crippen molar-refractivity contribution in [3.63, 3.8) is 0 Å². The molecule has 0 aliphatic rings. The summed E-state index contributed by atoms with van der Waals surface area (Å²) in [6.07, 6.45) is 9.67. The zero-order valence-corrected chi connectivity index (χ0v) is 28.3. The third kappa shape index (κ3) is 14.6. The number of ketones is 1. The number of aryl methyl sites for hydroxylation is 1. The molecule has 0 aliphatic heterocycles. The Kier molecular flexibility index (Phi) is 16.9. The van der Waals surface area contributed by atoms with Crippen LogP contribution in [0.1, 0.15) is 83.2 Å². The molecule has 9 heteroatoms. The van der Waals surface area contributed by atoms with Gasteiger partial charge in [0.15, 0.2) is 5.78 Å². The number of benzene rings is 3. The molecule has 0 N–H and O–H groups in total. The van der Waals surface area contributed by atoms with E-state index in [1.807, 2.05) is 13.0 Å². The van der Waals surface area contributed by atoms with Gasteiger partial charge in [0.05, 0.1) is 32.0 Å². The van der Waals surface area contributed by atoms with Gasteiger partial charge in [-0.05, 0) is 124 Å². The van der Waals surface area contributed by atoms with Crippen LogP contribution in [-0.2, 0) is 25.5 Å². The molecule has 3 aromatic rings. The maximum Gasteiger partial charge on any atom is 0.343 e. The van der Waals surface area contributed by atoms with E-state index in [1.165, 1.54) is 0 Å². The molecule has 3 rings (SSSR count). The molecule has 260 valence electrons. The molecule has 0 heterocycles. The first kappa shape index (κ1) is 38.3. The van der Waals surface area contributed by atoms with E-state index in [9.17, 15) is 19.2 Å². The summed E-state index contributed by atoms with van der Waals surface area (Å²) >= 11 is 0. The van der Waals surface area contributed by atoms with Crippen molar-refractivity contribution in [3.8, 4) is 17.2 Å². The van der Waals surface area contributed by atoms with Crippen LogP contribution in [0.4, 0.5) is 0 Å². The molecule has 0 saturated heterocycles. The van der Waals surface area contributed by atoms with Crippen LogP contribution in [0.25, 0.3) is 0 Å². The number of hydrogen-bond donors (Lipinski definition) is 0. The van der Waals surface area contributed by atoms with Crippen molar-refractivity contribution >= 4 is 23.7 Å². The van der Waals surface area contributed by atoms with Crippen molar-refractivity contribution in [3.05, 3.63) is 114 Å². The van der Waals surface area contributed by atoms with Gasteiger partial charge in [-0.15, -0.1) is 0 Å². The zero-order chi connectivity index (χ0) is 35.3. The summed E-state index contributed by atoms with van der Waals surface area (Å²) < 4.78 is 27.1. The van der Waals surface area contributed by atoms with Crippen molar-refractivity contribution in [1.29, 1.82) is 0 Å². The van der Waals surface area contributed by atoms with Gasteiger partial charge in [0.25, 0.3) is 0 Å². The predicted molar refractivity (Wildman–Crippen MR) is 187 cm³/mol. The van der Waals surface area contributed by atoms with E-state index in [0.717, 1.165) is 74.6 Å². The fourth-order valence-electron chi connectivity index (χ4n) is 4.77. The highest BCUT2D eigenvalue weighted by atomic mass is 16.5. The van der Waals surface area contributed by atoms with Crippen molar-refractivity contribution in [1.82, 2.24) is 0 Å². The lowest BCUT2D eigenvalue weighted by Crippen LogP contribution is -2.10. The highest BCUT2D eigenvalue weighted by Crippen LogP contribution is 2.23. The van der Waals surface area contributed by atoms with Crippen LogP contribution in [0.2, 0.25) is 0 Å². The molecule has 0 radical (unpaired) electrons. The number of carbonyl (C=O) groups is 4. The molecule has 0 bridgehead atoms. The van der Waals surface area contributed by atoms with Crippen LogP contribution < -0.4 is 14.2 Å². The molecule has 9 nitrogen and oxygen atoms in total. The van der Waals surface area contributed by atoms with E-state index < -0.39 is 17.9 Å². The second-order valence-corrected chi connectivity index (χ2v) is 11.4. The SMILES string of the molecule is C=CC(=O)OCCCCCCOc1ccc(C(=O)Cc2ccc(OC(=O)c3ccc(OCCCCCCOC(=O)C=C)cc3)c(C)c2)cc1. The lowest BCUT2D eigenvalue weighted by molar-refractivity contribution is -0.138. The van der Waals surface area contributed by atoms with Gasteiger partial charge in [-0.3, -0.25) is 4.79 Å². The van der Waals surface area contributed by atoms with Gasteiger partial charge in [-0.1, -0.05) is 25.3 Å². The summed E-state index contributed by atoms with van der Waals surface area (Å²) in [6.45, 7) is 10.5. The van der Waals surface area contributed by atoms with E-state index in [4.69, 9.17) is 23.7 Å². The van der Waals surface area contributed by atoms with Gasteiger partial charge in [-0.25, -0.2) is 14.4 Å². The van der Waals surface area contributed by atoms with E-state index in [0.29, 0.717) is 54.8 Å². The molecule has 49 heavy (non-hydrogen) atoms. The minimum absolute atomic E-state index is 0.0262. The standard InChI is InChI=1S/C40H46O9/c1-4-38(42)47-26-12-8-6-10-24-45-34-19-15-32(16-20-34)36(41)29-31-14-23-37(30(3)28-31)49-40(44)33-17-21-35(22-18-33)46-25-11-7-9-13-27-48-39(43)5-2/h4-5,14-23,28H,1-2,6-13,24-27,29H2,3H3. The maximum absolute atomic E-state index is 12.9. The van der Waals surface area contributed by atoms with Crippen LogP contribution in [0.5, 0.6) is 17.2 Å². The Balaban J connectivity index is 1.35. The van der Waals surface area contributed by atoms with Gasteiger partial charge in [0.2, 0.25) is 0 Å². The zero-order valence-electron chi connectivity index (χ0n) is 28.3. The number of esters is 3. The number of hydrogen-bond acceptors (Lipinski definition) is 9. The highest BCUT2D eigenvalue weighted by molar-refractivity contribution is 5.97. The molecular weight excluding hydrogens is 624 g/mol. The molecule has 0 atom stereocenters. The highest BCUT2D eigenvalue weighted by Gasteiger charge is 2.13. The number of ether oxygens (including phenoxy) is 5. The number of carbonyl (C=O) groups excluding carboxylic acids is 4. The fourth-order valence-corrected chi connectivity index (χ4v) is 4.77. The molecule has 0 unspecified atom stereocenters. The van der Waals surface area contributed by atoms with E-state index in [-0.39, 0.29) is 12.2 Å². The van der Waals surface area contributed by atoms with Gasteiger partial charge in [-0.2, -0.15) is 0 Å². The second kappa shape index (κ2) is 21.6. The Hall–Kier alpha value is -5.18. The number of Topliss-reactive ketones (excluding diaryl/α,β-unsaturated/α-hetero) is 1. The Morgan fingerprint density at radius 3 is 1.53 bits per heavy atom. The van der Waals surface area contributed by atoms with Gasteiger partial charge in [0, 0.05) is 24.1 Å². The first-order valence-corrected chi connectivity index (χ1v) is 16.7. The lowest BCUT2D eigenvalue weighted by atomic mass is 10.0. The molecule has 0 aromatic heterocycles. The summed E-state index contributed by atoms with van der Waals surface area (Å²) in [7, 11) is 0. The summed E-state index contributed by atoms with van der Waals surface area (Å²) in [5, 5.41) is 0. The van der Waals surface area contributed by atoms with Crippen LogP contribution in [0, 0.1) is 6.92 Å². The second-order valence-electron chi connectivity index (χ2n) is 11.4. The minimum Gasteiger partial charge on any atom is -0.494 e. The number of unbranched alkanes of at least 4 members (excludes halogenated alkanes) is 6. The Bertz CT molecular complexity index is 1520. The molecule has 0 fully saturated rings. The first-order chi connectivity index (χ1) is 23.8. The number of rotatable bonds is 23. The van der Waals surface area contributed by atoms with Crippen LogP contribution >= 0.6 is 0 Å². The quantitative estimate of drug-likeness (QED) is 0.0326. The molecule has 3 aromatic carbocycles. The van der Waals surface area contributed by atoms with Gasteiger partial charge in [0.1, 0.15) is 17.2 Å². The third-order valence-electron chi connectivity index (χ3n) is 7.51. The predicted octanol–water partition coefficient (Wildman–Crippen LogP) is 7.98. The van der Waals surface area contributed by atoms with Gasteiger partial charge < -0.3 is 23.7 Å². The largest absolute Gasteiger partial charge is 0.494 e. The van der Waals surface area contributed by atoms with Gasteiger partial charge >= 0.3 is 17.9 Å². The third-order valence-corrected chi connectivity index (χ3v) is 7.51. The molecule has 0 amide bonds. The van der Waals surface area contributed by atoms with Crippen molar-refractivity contribution in [2.75, 3.05) is 26.4 Å². The topological polar surface area (TPSA) is 114 Å². The van der Waals surface area contributed by atoms with Crippen LogP contribution in [-0.4, -0.2) is 50.1 Å². The monoisotopic (exact) mass is 670 g/mol. The first-order valence-electron chi connectivity index (χ1n) is 16.7. The molecule has 0 aliphatic carbocycles. The van der Waals surface area contributed by atoms with Crippen molar-refractivity contribution < 1.29 is 42.9 Å². The van der Waals surface area contributed by atoms with E-state index in [2.05, 4.69) is 13.2 Å². The van der Waals surface area contributed by atoms with Crippen molar-refractivity contribution in [2.45, 2.75) is 64.7 Å². The average Bonchev–Trinajstić information content (AvgIpc) is 3.11. The summed E-state index contributed by atoms with van der Waals surface area (Å²) in [4.78, 5) is 47.8. The normalized spacial score (nSPS) is 10.5. The van der Waals surface area contributed by atoms with Crippen LogP contribution in [0.15, 0.2) is 92.0 Å².